The highest BCUT2D eigenvalue weighted by molar-refractivity contribution is 6.30. The van der Waals surface area contributed by atoms with E-state index in [0.717, 1.165) is 27.6 Å². The van der Waals surface area contributed by atoms with E-state index >= 15 is 0 Å². The highest BCUT2D eigenvalue weighted by Crippen LogP contribution is 2.24. The van der Waals surface area contributed by atoms with Gasteiger partial charge >= 0.3 is 0 Å². The molecule has 0 radical (unpaired) electrons. The van der Waals surface area contributed by atoms with Crippen molar-refractivity contribution >= 4 is 34.2 Å². The van der Waals surface area contributed by atoms with Crippen LogP contribution in [0.2, 0.25) is 5.02 Å². The third kappa shape index (κ3) is 2.22. The second-order valence-electron chi connectivity index (χ2n) is 4.47. The van der Waals surface area contributed by atoms with Gasteiger partial charge in [0.25, 0.3) is 0 Å². The molecule has 0 aliphatic heterocycles. The number of aryl methyl sites for hydroxylation is 1. The van der Waals surface area contributed by atoms with Gasteiger partial charge in [-0.3, -0.25) is 4.57 Å². The third-order valence-electron chi connectivity index (χ3n) is 3.08. The lowest BCUT2D eigenvalue weighted by Gasteiger charge is -2.07. The number of fused-ring (bicyclic) bond motifs is 1. The molecule has 0 amide bonds. The average molecular weight is 291 g/mol. The Morgan fingerprint density at radius 3 is 2.53 bits per heavy atom. The minimum Gasteiger partial charge on any atom is -0.295 e. The molecule has 2 aromatic carbocycles. The molecule has 0 atom stereocenters. The van der Waals surface area contributed by atoms with Gasteiger partial charge in [-0.25, -0.2) is 4.98 Å². The van der Waals surface area contributed by atoms with E-state index < -0.39 is 0 Å². The van der Waals surface area contributed by atoms with Crippen LogP contribution in [0.15, 0.2) is 42.5 Å². The Hall–Kier alpha value is -1.51. The first kappa shape index (κ1) is 12.5. The maximum absolute atomic E-state index is 6.02. The van der Waals surface area contributed by atoms with Crippen molar-refractivity contribution in [2.45, 2.75) is 12.8 Å². The zero-order valence-electron chi connectivity index (χ0n) is 10.4. The first-order valence-electron chi connectivity index (χ1n) is 5.99. The Bertz CT molecular complexity index is 730. The largest absolute Gasteiger partial charge is 0.295 e. The summed E-state index contributed by atoms with van der Waals surface area (Å²) in [6.07, 6.45) is 0. The number of alkyl halides is 1. The number of aromatic nitrogens is 2. The Balaban J connectivity index is 2.29. The van der Waals surface area contributed by atoms with Gasteiger partial charge in [0.1, 0.15) is 5.82 Å². The van der Waals surface area contributed by atoms with Crippen LogP contribution in [0.3, 0.4) is 0 Å². The lowest BCUT2D eigenvalue weighted by atomic mass is 10.2. The second kappa shape index (κ2) is 4.87. The smallest absolute Gasteiger partial charge is 0.129 e. The number of hydrogen-bond donors (Lipinski definition) is 0. The van der Waals surface area contributed by atoms with Gasteiger partial charge in [-0.1, -0.05) is 17.7 Å². The molecule has 0 N–H and O–H groups in total. The van der Waals surface area contributed by atoms with E-state index in [-0.39, 0.29) is 0 Å². The van der Waals surface area contributed by atoms with Gasteiger partial charge < -0.3 is 0 Å². The van der Waals surface area contributed by atoms with E-state index in [9.17, 15) is 0 Å². The summed E-state index contributed by atoms with van der Waals surface area (Å²) >= 11 is 11.9. The standard InChI is InChI=1S/C15H12Cl2N2/c1-10-2-7-14-13(8-10)18-15(9-16)19(14)12-5-3-11(17)4-6-12/h2-8H,9H2,1H3. The van der Waals surface area contributed by atoms with Crippen LogP contribution in [-0.4, -0.2) is 9.55 Å². The lowest BCUT2D eigenvalue weighted by Crippen LogP contribution is -1.98. The first-order chi connectivity index (χ1) is 9.19. The summed E-state index contributed by atoms with van der Waals surface area (Å²) in [5, 5.41) is 0.719. The highest BCUT2D eigenvalue weighted by atomic mass is 35.5. The number of rotatable bonds is 2. The Morgan fingerprint density at radius 1 is 1.11 bits per heavy atom. The van der Waals surface area contributed by atoms with Crippen LogP contribution in [0, 0.1) is 6.92 Å². The Morgan fingerprint density at radius 2 is 1.84 bits per heavy atom. The van der Waals surface area contributed by atoms with Crippen LogP contribution in [0.25, 0.3) is 16.7 Å². The van der Waals surface area contributed by atoms with Gasteiger partial charge in [-0.2, -0.15) is 0 Å². The van der Waals surface area contributed by atoms with Crippen molar-refractivity contribution in [3.8, 4) is 5.69 Å². The van der Waals surface area contributed by atoms with Crippen LogP contribution in [-0.2, 0) is 5.88 Å². The van der Waals surface area contributed by atoms with Crippen molar-refractivity contribution in [3.05, 3.63) is 58.9 Å². The average Bonchev–Trinajstić information content (AvgIpc) is 2.77. The van der Waals surface area contributed by atoms with Crippen LogP contribution < -0.4 is 0 Å². The molecule has 1 aromatic heterocycles. The number of imidazole rings is 1. The Kier molecular flexibility index (Phi) is 3.21. The molecule has 0 saturated carbocycles. The molecule has 3 aromatic rings. The summed E-state index contributed by atoms with van der Waals surface area (Å²) in [6, 6.07) is 13.9. The minimum atomic E-state index is 0.371. The van der Waals surface area contributed by atoms with Gasteiger partial charge in [0.2, 0.25) is 0 Å². The van der Waals surface area contributed by atoms with Crippen LogP contribution in [0.1, 0.15) is 11.4 Å². The molecule has 1 heterocycles. The fourth-order valence-electron chi connectivity index (χ4n) is 2.21. The summed E-state index contributed by atoms with van der Waals surface area (Å²) < 4.78 is 2.07. The molecular formula is C15H12Cl2N2. The molecule has 0 spiro atoms. The molecule has 0 saturated heterocycles. The number of halogens is 2. The van der Waals surface area contributed by atoms with Crippen molar-refractivity contribution < 1.29 is 0 Å². The normalized spacial score (nSPS) is 11.1. The van der Waals surface area contributed by atoms with Crippen molar-refractivity contribution in [2.24, 2.45) is 0 Å². The van der Waals surface area contributed by atoms with Crippen LogP contribution in [0.5, 0.6) is 0 Å². The highest BCUT2D eigenvalue weighted by Gasteiger charge is 2.11. The monoisotopic (exact) mass is 290 g/mol. The van der Waals surface area contributed by atoms with Gasteiger partial charge in [-0.05, 0) is 48.9 Å². The third-order valence-corrected chi connectivity index (χ3v) is 3.57. The quantitative estimate of drug-likeness (QED) is 0.624. The fourth-order valence-corrected chi connectivity index (χ4v) is 2.51. The lowest BCUT2D eigenvalue weighted by molar-refractivity contribution is 0.982. The van der Waals surface area contributed by atoms with Gasteiger partial charge in [-0.15, -0.1) is 11.6 Å². The molecule has 96 valence electrons. The van der Waals surface area contributed by atoms with E-state index in [2.05, 4.69) is 34.7 Å². The molecule has 4 heteroatoms. The second-order valence-corrected chi connectivity index (χ2v) is 5.17. The molecule has 0 unspecified atom stereocenters. The molecule has 0 aliphatic rings. The van der Waals surface area contributed by atoms with E-state index in [0.29, 0.717) is 5.88 Å². The van der Waals surface area contributed by atoms with E-state index in [4.69, 9.17) is 23.2 Å². The molecule has 19 heavy (non-hydrogen) atoms. The van der Waals surface area contributed by atoms with Crippen LogP contribution in [0.4, 0.5) is 0 Å². The molecule has 0 fully saturated rings. The molecule has 2 nitrogen and oxygen atoms in total. The number of hydrogen-bond acceptors (Lipinski definition) is 1. The van der Waals surface area contributed by atoms with Crippen molar-refractivity contribution in [1.82, 2.24) is 9.55 Å². The van der Waals surface area contributed by atoms with Gasteiger partial charge in [0.05, 0.1) is 16.9 Å². The maximum atomic E-state index is 6.02. The minimum absolute atomic E-state index is 0.371. The molecule has 3 rings (SSSR count). The zero-order chi connectivity index (χ0) is 13.4. The van der Waals surface area contributed by atoms with Gasteiger partial charge in [0.15, 0.2) is 0 Å². The Labute approximate surface area is 121 Å². The summed E-state index contributed by atoms with van der Waals surface area (Å²) in [5.74, 6) is 1.21. The maximum Gasteiger partial charge on any atom is 0.129 e. The predicted molar refractivity (Wildman–Crippen MR) is 80.4 cm³/mol. The van der Waals surface area contributed by atoms with Gasteiger partial charge in [0, 0.05) is 10.7 Å². The molecular weight excluding hydrogens is 279 g/mol. The number of nitrogens with zero attached hydrogens (tertiary/aromatic N) is 2. The summed E-state index contributed by atoms with van der Waals surface area (Å²) in [4.78, 5) is 4.59. The molecule has 0 aliphatic carbocycles. The van der Waals surface area contributed by atoms with E-state index in [1.54, 1.807) is 0 Å². The fraction of sp³-hybridized carbons (Fsp3) is 0.133. The van der Waals surface area contributed by atoms with Crippen molar-refractivity contribution in [3.63, 3.8) is 0 Å². The summed E-state index contributed by atoms with van der Waals surface area (Å²) in [6.45, 7) is 2.06. The summed E-state index contributed by atoms with van der Waals surface area (Å²) in [5.41, 5.74) is 4.23. The first-order valence-corrected chi connectivity index (χ1v) is 6.90. The van der Waals surface area contributed by atoms with E-state index in [1.807, 2.05) is 24.3 Å². The summed E-state index contributed by atoms with van der Waals surface area (Å²) in [7, 11) is 0. The van der Waals surface area contributed by atoms with E-state index in [1.165, 1.54) is 5.56 Å². The number of benzene rings is 2. The molecule has 0 bridgehead atoms. The van der Waals surface area contributed by atoms with Crippen molar-refractivity contribution in [2.75, 3.05) is 0 Å². The topological polar surface area (TPSA) is 17.8 Å². The van der Waals surface area contributed by atoms with Crippen molar-refractivity contribution in [1.29, 1.82) is 0 Å². The zero-order valence-corrected chi connectivity index (χ0v) is 11.9. The van der Waals surface area contributed by atoms with Crippen LogP contribution >= 0.6 is 23.2 Å². The SMILES string of the molecule is Cc1ccc2c(c1)nc(CCl)n2-c1ccc(Cl)cc1. The predicted octanol–water partition coefficient (Wildman–Crippen LogP) is 4.73.